The number of hydrogen-bond donors (Lipinski definition) is 2. The molecule has 0 fully saturated rings. The van der Waals surface area contributed by atoms with Gasteiger partial charge in [-0.2, -0.15) is 0 Å². The SMILES string of the molecule is NCc1ccc(CNC(=O)Cc2ccccc2F)cc1. The van der Waals surface area contributed by atoms with Crippen molar-refractivity contribution in [2.75, 3.05) is 0 Å². The highest BCUT2D eigenvalue weighted by molar-refractivity contribution is 5.78. The summed E-state index contributed by atoms with van der Waals surface area (Å²) in [6.45, 7) is 0.929. The fourth-order valence-corrected chi connectivity index (χ4v) is 1.87. The van der Waals surface area contributed by atoms with Crippen LogP contribution in [0.15, 0.2) is 48.5 Å². The molecule has 3 nitrogen and oxygen atoms in total. The topological polar surface area (TPSA) is 55.1 Å². The summed E-state index contributed by atoms with van der Waals surface area (Å²) in [7, 11) is 0. The van der Waals surface area contributed by atoms with Gasteiger partial charge in [0.2, 0.25) is 5.91 Å². The molecule has 4 heteroatoms. The van der Waals surface area contributed by atoms with Crippen LogP contribution in [0.2, 0.25) is 0 Å². The zero-order chi connectivity index (χ0) is 14.4. The van der Waals surface area contributed by atoms with Gasteiger partial charge >= 0.3 is 0 Å². The molecule has 3 N–H and O–H groups in total. The van der Waals surface area contributed by atoms with E-state index < -0.39 is 0 Å². The van der Waals surface area contributed by atoms with Crippen molar-refractivity contribution in [3.8, 4) is 0 Å². The van der Waals surface area contributed by atoms with Crippen LogP contribution in [-0.2, 0) is 24.3 Å². The smallest absolute Gasteiger partial charge is 0.224 e. The van der Waals surface area contributed by atoms with Crippen molar-refractivity contribution in [1.29, 1.82) is 0 Å². The average Bonchev–Trinajstić information content (AvgIpc) is 2.48. The van der Waals surface area contributed by atoms with Crippen LogP contribution in [0.3, 0.4) is 0 Å². The van der Waals surface area contributed by atoms with Crippen LogP contribution >= 0.6 is 0 Å². The highest BCUT2D eigenvalue weighted by atomic mass is 19.1. The highest BCUT2D eigenvalue weighted by Crippen LogP contribution is 2.07. The summed E-state index contributed by atoms with van der Waals surface area (Å²) >= 11 is 0. The summed E-state index contributed by atoms with van der Waals surface area (Å²) in [5.74, 6) is -0.548. The third kappa shape index (κ3) is 3.90. The van der Waals surface area contributed by atoms with Crippen molar-refractivity contribution in [2.24, 2.45) is 5.73 Å². The molecule has 2 aromatic rings. The number of benzene rings is 2. The molecule has 0 atom stereocenters. The number of halogens is 1. The Morgan fingerprint density at radius 2 is 1.70 bits per heavy atom. The minimum Gasteiger partial charge on any atom is -0.352 e. The van der Waals surface area contributed by atoms with E-state index in [1.807, 2.05) is 24.3 Å². The molecule has 0 aromatic heterocycles. The molecule has 2 aromatic carbocycles. The molecule has 0 unspecified atom stereocenters. The molecular formula is C16H17FN2O. The van der Waals surface area contributed by atoms with Crippen molar-refractivity contribution in [1.82, 2.24) is 5.32 Å². The van der Waals surface area contributed by atoms with E-state index in [-0.39, 0.29) is 18.1 Å². The molecule has 0 spiro atoms. The molecule has 0 radical (unpaired) electrons. The number of nitrogens with two attached hydrogens (primary N) is 1. The van der Waals surface area contributed by atoms with Crippen LogP contribution in [0.25, 0.3) is 0 Å². The zero-order valence-electron chi connectivity index (χ0n) is 11.1. The number of carbonyl (C=O) groups is 1. The quantitative estimate of drug-likeness (QED) is 0.876. The third-order valence-electron chi connectivity index (χ3n) is 3.06. The molecule has 0 aliphatic heterocycles. The maximum Gasteiger partial charge on any atom is 0.224 e. The molecule has 104 valence electrons. The lowest BCUT2D eigenvalue weighted by Gasteiger charge is -2.07. The van der Waals surface area contributed by atoms with E-state index >= 15 is 0 Å². The van der Waals surface area contributed by atoms with Gasteiger partial charge in [-0.1, -0.05) is 42.5 Å². The average molecular weight is 272 g/mol. The molecule has 2 rings (SSSR count). The predicted molar refractivity (Wildman–Crippen MR) is 76.3 cm³/mol. The van der Waals surface area contributed by atoms with Crippen molar-refractivity contribution >= 4 is 5.91 Å². The largest absolute Gasteiger partial charge is 0.352 e. The zero-order valence-corrected chi connectivity index (χ0v) is 11.1. The second-order valence-corrected chi connectivity index (χ2v) is 4.57. The van der Waals surface area contributed by atoms with Crippen LogP contribution in [0.1, 0.15) is 16.7 Å². The number of rotatable bonds is 5. The molecule has 0 heterocycles. The molecule has 1 amide bonds. The Bertz CT molecular complexity index is 581. The standard InChI is InChI=1S/C16H17FN2O/c17-15-4-2-1-3-14(15)9-16(20)19-11-13-7-5-12(10-18)6-8-13/h1-8H,9-11,18H2,(H,19,20). The Kier molecular flexibility index (Phi) is 4.85. The van der Waals surface area contributed by atoms with E-state index in [2.05, 4.69) is 5.32 Å². The first kappa shape index (κ1) is 14.2. The summed E-state index contributed by atoms with van der Waals surface area (Å²) in [5, 5.41) is 2.78. The lowest BCUT2D eigenvalue weighted by Crippen LogP contribution is -2.24. The Labute approximate surface area is 117 Å². The first-order valence-corrected chi connectivity index (χ1v) is 6.47. The fourth-order valence-electron chi connectivity index (χ4n) is 1.87. The van der Waals surface area contributed by atoms with Gasteiger partial charge in [0.05, 0.1) is 6.42 Å². The van der Waals surface area contributed by atoms with Crippen molar-refractivity contribution in [3.05, 3.63) is 71.0 Å². The first-order valence-electron chi connectivity index (χ1n) is 6.47. The second-order valence-electron chi connectivity index (χ2n) is 4.57. The summed E-state index contributed by atoms with van der Waals surface area (Å²) in [4.78, 5) is 11.8. The van der Waals surface area contributed by atoms with Crippen molar-refractivity contribution in [2.45, 2.75) is 19.5 Å². The van der Waals surface area contributed by atoms with Gasteiger partial charge in [-0.15, -0.1) is 0 Å². The van der Waals surface area contributed by atoms with Gasteiger partial charge in [-0.3, -0.25) is 4.79 Å². The Balaban J connectivity index is 1.87. The second kappa shape index (κ2) is 6.82. The van der Waals surface area contributed by atoms with Gasteiger partial charge in [0.1, 0.15) is 5.82 Å². The van der Waals surface area contributed by atoms with Crippen LogP contribution in [-0.4, -0.2) is 5.91 Å². The lowest BCUT2D eigenvalue weighted by atomic mass is 10.1. The van der Waals surface area contributed by atoms with Gasteiger partial charge in [-0.05, 0) is 22.8 Å². The minimum atomic E-state index is -0.352. The summed E-state index contributed by atoms with van der Waals surface area (Å²) in [5.41, 5.74) is 7.96. The fraction of sp³-hybridized carbons (Fsp3) is 0.188. The van der Waals surface area contributed by atoms with Crippen molar-refractivity contribution in [3.63, 3.8) is 0 Å². The summed E-state index contributed by atoms with van der Waals surface area (Å²) in [6.07, 6.45) is 0.0492. The van der Waals surface area contributed by atoms with E-state index in [9.17, 15) is 9.18 Å². The molecule has 0 saturated heterocycles. The minimum absolute atomic E-state index is 0.0492. The Hall–Kier alpha value is -2.20. The van der Waals surface area contributed by atoms with Crippen LogP contribution < -0.4 is 11.1 Å². The molecule has 0 aliphatic carbocycles. The number of amides is 1. The lowest BCUT2D eigenvalue weighted by molar-refractivity contribution is -0.120. The first-order chi connectivity index (χ1) is 9.69. The number of nitrogens with one attached hydrogen (secondary N) is 1. The molecular weight excluding hydrogens is 255 g/mol. The van der Waals surface area contributed by atoms with Crippen LogP contribution in [0.5, 0.6) is 0 Å². The van der Waals surface area contributed by atoms with Gasteiger partial charge in [-0.25, -0.2) is 4.39 Å². The molecule has 20 heavy (non-hydrogen) atoms. The van der Waals surface area contributed by atoms with Gasteiger partial charge in [0.25, 0.3) is 0 Å². The Morgan fingerprint density at radius 3 is 2.35 bits per heavy atom. The number of hydrogen-bond acceptors (Lipinski definition) is 2. The third-order valence-corrected chi connectivity index (χ3v) is 3.06. The summed E-state index contributed by atoms with van der Waals surface area (Å²) in [6, 6.07) is 14.0. The maximum absolute atomic E-state index is 13.4. The van der Waals surface area contributed by atoms with Crippen LogP contribution in [0.4, 0.5) is 4.39 Å². The molecule has 0 saturated carbocycles. The van der Waals surface area contributed by atoms with E-state index in [1.54, 1.807) is 18.2 Å². The number of carbonyl (C=O) groups excluding carboxylic acids is 1. The van der Waals surface area contributed by atoms with Gasteiger partial charge in [0.15, 0.2) is 0 Å². The highest BCUT2D eigenvalue weighted by Gasteiger charge is 2.07. The van der Waals surface area contributed by atoms with Gasteiger partial charge < -0.3 is 11.1 Å². The molecule has 0 bridgehead atoms. The molecule has 0 aliphatic rings. The van der Waals surface area contributed by atoms with Crippen LogP contribution in [0, 0.1) is 5.82 Å². The normalized spacial score (nSPS) is 10.3. The van der Waals surface area contributed by atoms with E-state index in [1.165, 1.54) is 6.07 Å². The Morgan fingerprint density at radius 1 is 1.05 bits per heavy atom. The summed E-state index contributed by atoms with van der Waals surface area (Å²) < 4.78 is 13.4. The van der Waals surface area contributed by atoms with E-state index in [0.717, 1.165) is 11.1 Å². The van der Waals surface area contributed by atoms with Gasteiger partial charge in [0, 0.05) is 13.1 Å². The predicted octanol–water partition coefficient (Wildman–Crippen LogP) is 2.14. The van der Waals surface area contributed by atoms with E-state index in [4.69, 9.17) is 5.73 Å². The monoisotopic (exact) mass is 272 g/mol. The van der Waals surface area contributed by atoms with E-state index in [0.29, 0.717) is 18.7 Å². The maximum atomic E-state index is 13.4. The van der Waals surface area contributed by atoms with Crippen molar-refractivity contribution < 1.29 is 9.18 Å².